The van der Waals surface area contributed by atoms with Crippen molar-refractivity contribution in [3.8, 4) is 11.5 Å². The van der Waals surface area contributed by atoms with Crippen LogP contribution in [0.2, 0.25) is 5.02 Å². The Bertz CT molecular complexity index is 466. The van der Waals surface area contributed by atoms with Gasteiger partial charge >= 0.3 is 5.97 Å². The maximum atomic E-state index is 11.3. The van der Waals surface area contributed by atoms with Crippen molar-refractivity contribution in [2.24, 2.45) is 0 Å². The number of carbonyl (C=O) groups is 1. The van der Waals surface area contributed by atoms with Crippen molar-refractivity contribution in [3.63, 3.8) is 0 Å². The van der Waals surface area contributed by atoms with Crippen LogP contribution in [0.15, 0.2) is 12.1 Å². The summed E-state index contributed by atoms with van der Waals surface area (Å²) in [5.74, 6) is 0.116. The number of methoxy groups -OCH3 is 2. The Morgan fingerprint density at radius 3 is 2.41 bits per heavy atom. The van der Waals surface area contributed by atoms with Gasteiger partial charge in [-0.15, -0.1) is 0 Å². The fourth-order valence-corrected chi connectivity index (χ4v) is 2.26. The number of carboxylic acids is 1. The first-order chi connectivity index (χ1) is 8.05. The van der Waals surface area contributed by atoms with Crippen LogP contribution in [0.3, 0.4) is 0 Å². The second-order valence-corrected chi connectivity index (χ2v) is 4.48. The van der Waals surface area contributed by atoms with Crippen LogP contribution in [0.1, 0.15) is 18.4 Å². The van der Waals surface area contributed by atoms with Gasteiger partial charge in [0.1, 0.15) is 11.5 Å². The topological polar surface area (TPSA) is 55.8 Å². The van der Waals surface area contributed by atoms with Crippen LogP contribution in [-0.4, -0.2) is 25.3 Å². The van der Waals surface area contributed by atoms with Crippen molar-refractivity contribution < 1.29 is 19.4 Å². The summed E-state index contributed by atoms with van der Waals surface area (Å²) in [4.78, 5) is 11.3. The third-order valence-corrected chi connectivity index (χ3v) is 3.41. The van der Waals surface area contributed by atoms with Crippen molar-refractivity contribution in [2.45, 2.75) is 18.3 Å². The van der Waals surface area contributed by atoms with Crippen molar-refractivity contribution in [1.29, 1.82) is 0 Å². The lowest BCUT2D eigenvalue weighted by atomic mass is 9.95. The number of hydrogen-bond acceptors (Lipinski definition) is 3. The van der Waals surface area contributed by atoms with E-state index in [-0.39, 0.29) is 0 Å². The predicted molar refractivity (Wildman–Crippen MR) is 63.1 cm³/mol. The van der Waals surface area contributed by atoms with Crippen LogP contribution in [0.4, 0.5) is 0 Å². The fraction of sp³-hybridized carbons (Fsp3) is 0.417. The van der Waals surface area contributed by atoms with E-state index in [0.717, 1.165) is 0 Å². The molecule has 2 rings (SSSR count). The molecule has 0 radical (unpaired) electrons. The Balaban J connectivity index is 2.59. The standard InChI is InChI=1S/C12H13ClO4/c1-16-7-5-8(10(17-2)9(13)6-7)12(3-4-12)11(14)15/h5-6H,3-4H2,1-2H3,(H,14,15). The van der Waals surface area contributed by atoms with Crippen LogP contribution < -0.4 is 9.47 Å². The van der Waals surface area contributed by atoms with E-state index in [9.17, 15) is 9.90 Å². The van der Waals surface area contributed by atoms with Crippen molar-refractivity contribution >= 4 is 17.6 Å². The van der Waals surface area contributed by atoms with Crippen molar-refractivity contribution in [2.75, 3.05) is 14.2 Å². The summed E-state index contributed by atoms with van der Waals surface area (Å²) in [7, 11) is 3.00. The summed E-state index contributed by atoms with van der Waals surface area (Å²) < 4.78 is 10.3. The minimum Gasteiger partial charge on any atom is -0.497 e. The molecule has 0 heterocycles. The van der Waals surface area contributed by atoms with Gasteiger partial charge < -0.3 is 14.6 Å². The number of carboxylic acid groups (broad SMARTS) is 1. The van der Waals surface area contributed by atoms with Gasteiger partial charge in [-0.2, -0.15) is 0 Å². The van der Waals surface area contributed by atoms with E-state index in [4.69, 9.17) is 21.1 Å². The van der Waals surface area contributed by atoms with Gasteiger partial charge in [0.05, 0.1) is 24.7 Å². The van der Waals surface area contributed by atoms with Gasteiger partial charge in [0, 0.05) is 11.6 Å². The van der Waals surface area contributed by atoms with Crippen molar-refractivity contribution in [1.82, 2.24) is 0 Å². The van der Waals surface area contributed by atoms with E-state index in [2.05, 4.69) is 0 Å². The number of halogens is 1. The van der Waals surface area contributed by atoms with E-state index in [1.54, 1.807) is 12.1 Å². The van der Waals surface area contributed by atoms with Gasteiger partial charge in [-0.3, -0.25) is 4.79 Å². The van der Waals surface area contributed by atoms with E-state index in [1.165, 1.54) is 14.2 Å². The molecule has 1 saturated carbocycles. The largest absolute Gasteiger partial charge is 0.497 e. The third-order valence-electron chi connectivity index (χ3n) is 3.13. The quantitative estimate of drug-likeness (QED) is 0.899. The number of rotatable bonds is 4. The predicted octanol–water partition coefficient (Wildman–Crippen LogP) is 2.47. The lowest BCUT2D eigenvalue weighted by molar-refractivity contribution is -0.140. The van der Waals surface area contributed by atoms with Crippen LogP contribution >= 0.6 is 11.6 Å². The molecule has 0 aromatic heterocycles. The molecule has 5 heteroatoms. The molecule has 92 valence electrons. The van der Waals surface area contributed by atoms with E-state index >= 15 is 0 Å². The lowest BCUT2D eigenvalue weighted by Gasteiger charge is -2.17. The molecule has 17 heavy (non-hydrogen) atoms. The number of aliphatic carboxylic acids is 1. The molecule has 1 fully saturated rings. The summed E-state index contributed by atoms with van der Waals surface area (Å²) in [5.41, 5.74) is -0.263. The maximum Gasteiger partial charge on any atom is 0.314 e. The fourth-order valence-electron chi connectivity index (χ4n) is 1.97. The monoisotopic (exact) mass is 256 g/mol. The van der Waals surface area contributed by atoms with Gasteiger partial charge in [0.2, 0.25) is 0 Å². The van der Waals surface area contributed by atoms with Gasteiger partial charge in [-0.25, -0.2) is 0 Å². The number of hydrogen-bond donors (Lipinski definition) is 1. The molecule has 1 N–H and O–H groups in total. The van der Waals surface area contributed by atoms with Crippen LogP contribution in [0.5, 0.6) is 11.5 Å². The Hall–Kier alpha value is -1.42. The second kappa shape index (κ2) is 4.11. The van der Waals surface area contributed by atoms with Gasteiger partial charge in [-0.1, -0.05) is 11.6 Å². The third kappa shape index (κ3) is 1.82. The molecule has 0 saturated heterocycles. The molecule has 1 aromatic rings. The van der Waals surface area contributed by atoms with Crippen LogP contribution in [0, 0.1) is 0 Å². The molecular formula is C12H13ClO4. The Labute approximate surface area is 104 Å². The SMILES string of the molecule is COc1cc(Cl)c(OC)c(C2(C(=O)O)CC2)c1. The molecule has 0 atom stereocenters. The summed E-state index contributed by atoms with van der Waals surface area (Å²) >= 11 is 6.05. The van der Waals surface area contributed by atoms with E-state index in [1.807, 2.05) is 0 Å². The normalized spacial score (nSPS) is 16.4. The second-order valence-electron chi connectivity index (χ2n) is 4.08. The summed E-state index contributed by atoms with van der Waals surface area (Å²) in [6.45, 7) is 0. The molecular weight excluding hydrogens is 244 g/mol. The first-order valence-corrected chi connectivity index (χ1v) is 5.58. The lowest BCUT2D eigenvalue weighted by Crippen LogP contribution is -2.20. The molecule has 0 aliphatic heterocycles. The molecule has 1 aliphatic carbocycles. The molecule has 1 aromatic carbocycles. The number of benzene rings is 1. The Kier molecular flexibility index (Phi) is 2.91. The first-order valence-electron chi connectivity index (χ1n) is 5.20. The zero-order chi connectivity index (χ0) is 12.6. The highest BCUT2D eigenvalue weighted by Crippen LogP contribution is 2.53. The molecule has 0 amide bonds. The average molecular weight is 257 g/mol. The Morgan fingerprint density at radius 1 is 1.35 bits per heavy atom. The molecule has 0 spiro atoms. The van der Waals surface area contributed by atoms with Crippen LogP contribution in [0.25, 0.3) is 0 Å². The molecule has 0 bridgehead atoms. The van der Waals surface area contributed by atoms with E-state index in [0.29, 0.717) is 34.9 Å². The van der Waals surface area contributed by atoms with Gasteiger partial charge in [-0.05, 0) is 18.9 Å². The highest BCUT2D eigenvalue weighted by Gasteiger charge is 2.53. The maximum absolute atomic E-state index is 11.3. The average Bonchev–Trinajstić information content (AvgIpc) is 3.09. The highest BCUT2D eigenvalue weighted by atomic mass is 35.5. The van der Waals surface area contributed by atoms with Crippen LogP contribution in [-0.2, 0) is 10.2 Å². The smallest absolute Gasteiger partial charge is 0.314 e. The van der Waals surface area contributed by atoms with Crippen molar-refractivity contribution in [3.05, 3.63) is 22.7 Å². The molecule has 4 nitrogen and oxygen atoms in total. The van der Waals surface area contributed by atoms with Gasteiger partial charge in [0.15, 0.2) is 0 Å². The first kappa shape index (κ1) is 12.0. The zero-order valence-electron chi connectivity index (χ0n) is 9.62. The molecule has 1 aliphatic rings. The summed E-state index contributed by atoms with van der Waals surface area (Å²) in [6.07, 6.45) is 1.20. The molecule has 0 unspecified atom stereocenters. The summed E-state index contributed by atoms with van der Waals surface area (Å²) in [6, 6.07) is 3.30. The minimum atomic E-state index is -0.858. The van der Waals surface area contributed by atoms with E-state index < -0.39 is 11.4 Å². The minimum absolute atomic E-state index is 0.370. The zero-order valence-corrected chi connectivity index (χ0v) is 10.4. The summed E-state index contributed by atoms with van der Waals surface area (Å²) in [5, 5.41) is 9.66. The van der Waals surface area contributed by atoms with Gasteiger partial charge in [0.25, 0.3) is 0 Å². The number of ether oxygens (including phenoxy) is 2. The Morgan fingerprint density at radius 2 is 2.00 bits per heavy atom. The highest BCUT2D eigenvalue weighted by molar-refractivity contribution is 6.32.